The van der Waals surface area contributed by atoms with Crippen LogP contribution in [0.25, 0.3) is 0 Å². The predicted molar refractivity (Wildman–Crippen MR) is 133 cm³/mol. The number of carboxylic acid groups (broad SMARTS) is 1. The van der Waals surface area contributed by atoms with E-state index >= 15 is 0 Å². The van der Waals surface area contributed by atoms with Gasteiger partial charge in [-0.2, -0.15) is 0 Å². The summed E-state index contributed by atoms with van der Waals surface area (Å²) in [5.74, 6) is -3.19. The van der Waals surface area contributed by atoms with Crippen molar-refractivity contribution in [2.24, 2.45) is 0 Å². The molecule has 0 aromatic heterocycles. The fourth-order valence-corrected chi connectivity index (χ4v) is 4.05. The van der Waals surface area contributed by atoms with E-state index in [2.05, 4.69) is 21.3 Å². The summed E-state index contributed by atoms with van der Waals surface area (Å²) in [6.45, 7) is -0.0748. The second-order valence-electron chi connectivity index (χ2n) is 8.91. The van der Waals surface area contributed by atoms with E-state index in [1.165, 1.54) is 24.3 Å². The van der Waals surface area contributed by atoms with Gasteiger partial charge < -0.3 is 36.6 Å². The lowest BCUT2D eigenvalue weighted by molar-refractivity contribution is -0.142. The van der Waals surface area contributed by atoms with Crippen molar-refractivity contribution < 1.29 is 34.5 Å². The van der Waals surface area contributed by atoms with Crippen LogP contribution in [0.2, 0.25) is 0 Å². The summed E-state index contributed by atoms with van der Waals surface area (Å²) in [6, 6.07) is 10.7. The molecular weight excluding hydrogens is 480 g/mol. The zero-order valence-electron chi connectivity index (χ0n) is 20.2. The summed E-state index contributed by atoms with van der Waals surface area (Å²) >= 11 is 0. The number of phenols is 1. The first kappa shape index (κ1) is 27.6. The molecule has 198 valence electrons. The molecule has 0 spiro atoms. The lowest BCUT2D eigenvalue weighted by Gasteiger charge is -2.24. The Labute approximate surface area is 214 Å². The van der Waals surface area contributed by atoms with Crippen molar-refractivity contribution in [3.05, 3.63) is 65.7 Å². The Kier molecular flexibility index (Phi) is 9.99. The Morgan fingerprint density at radius 3 is 2.03 bits per heavy atom. The first-order valence-electron chi connectivity index (χ1n) is 12.1. The molecule has 2 aromatic rings. The smallest absolute Gasteiger partial charge is 0.326 e. The van der Waals surface area contributed by atoms with E-state index in [0.717, 1.165) is 12.0 Å². The summed E-state index contributed by atoms with van der Waals surface area (Å²) in [7, 11) is 0. The molecule has 7 N–H and O–H groups in total. The Morgan fingerprint density at radius 1 is 0.838 bits per heavy atom. The van der Waals surface area contributed by atoms with Crippen molar-refractivity contribution in [2.45, 2.75) is 49.9 Å². The number of benzene rings is 2. The molecule has 1 aliphatic rings. The molecule has 1 saturated heterocycles. The van der Waals surface area contributed by atoms with Gasteiger partial charge in [0.1, 0.15) is 23.9 Å². The highest BCUT2D eigenvalue weighted by Crippen LogP contribution is 2.12. The third kappa shape index (κ3) is 8.29. The molecule has 1 heterocycles. The number of hydrogen-bond donors (Lipinski definition) is 7. The molecule has 0 radical (unpaired) electrons. The van der Waals surface area contributed by atoms with Crippen LogP contribution >= 0.6 is 0 Å². The second kappa shape index (κ2) is 13.4. The van der Waals surface area contributed by atoms with Gasteiger partial charge in [-0.3, -0.25) is 14.4 Å². The zero-order chi connectivity index (χ0) is 26.8. The van der Waals surface area contributed by atoms with Gasteiger partial charge in [-0.15, -0.1) is 0 Å². The molecule has 2 aromatic carbocycles. The highest BCUT2D eigenvalue weighted by Gasteiger charge is 2.31. The normalized spacial score (nSPS) is 17.3. The molecular formula is C26H32N4O7. The van der Waals surface area contributed by atoms with Crippen LogP contribution in [0.15, 0.2) is 54.6 Å². The molecule has 0 aliphatic carbocycles. The van der Waals surface area contributed by atoms with E-state index < -0.39 is 48.6 Å². The summed E-state index contributed by atoms with van der Waals surface area (Å²) < 4.78 is 0. The van der Waals surface area contributed by atoms with E-state index in [4.69, 9.17) is 0 Å². The number of aliphatic hydroxyl groups is 1. The van der Waals surface area contributed by atoms with Gasteiger partial charge >= 0.3 is 5.97 Å². The van der Waals surface area contributed by atoms with Gasteiger partial charge in [0.05, 0.1) is 12.6 Å². The summed E-state index contributed by atoms with van der Waals surface area (Å²) in [6.07, 6.45) is 1.57. The number of carbonyl (C=O) groups is 4. The Morgan fingerprint density at radius 2 is 1.43 bits per heavy atom. The van der Waals surface area contributed by atoms with Crippen LogP contribution in [0.3, 0.4) is 0 Å². The third-order valence-electron chi connectivity index (χ3n) is 6.10. The van der Waals surface area contributed by atoms with Crippen LogP contribution < -0.4 is 21.3 Å². The number of hydrogen-bond acceptors (Lipinski definition) is 7. The van der Waals surface area contributed by atoms with Crippen LogP contribution in [-0.4, -0.2) is 76.3 Å². The minimum absolute atomic E-state index is 0.0172. The number of aromatic hydroxyl groups is 1. The van der Waals surface area contributed by atoms with Gasteiger partial charge in [-0.1, -0.05) is 42.5 Å². The lowest BCUT2D eigenvalue weighted by Crippen LogP contribution is -2.58. The maximum absolute atomic E-state index is 13.1. The number of rotatable bonds is 12. The van der Waals surface area contributed by atoms with Crippen molar-refractivity contribution in [2.75, 3.05) is 13.2 Å². The Balaban J connectivity index is 1.67. The number of phenolic OH excluding ortho intramolecular Hbond substituents is 1. The maximum Gasteiger partial charge on any atom is 0.326 e. The van der Waals surface area contributed by atoms with Gasteiger partial charge in [-0.25, -0.2) is 4.79 Å². The minimum Gasteiger partial charge on any atom is -0.508 e. The average Bonchev–Trinajstić information content (AvgIpc) is 3.43. The van der Waals surface area contributed by atoms with Crippen LogP contribution in [0.4, 0.5) is 0 Å². The number of carbonyl (C=O) groups excluding carboxylic acids is 3. The molecule has 1 fully saturated rings. The quantitative estimate of drug-likeness (QED) is 0.198. The SMILES string of the molecule is O=C(O)C(Cc1ccc(O)cc1)NC(=O)C(CO)NC(=O)C(Cc1ccccc1)NC(=O)C1CCCN1. The fourth-order valence-electron chi connectivity index (χ4n) is 4.05. The van der Waals surface area contributed by atoms with Crippen LogP contribution in [0.5, 0.6) is 5.75 Å². The van der Waals surface area contributed by atoms with Gasteiger partial charge in [0, 0.05) is 12.8 Å². The maximum atomic E-state index is 13.1. The lowest BCUT2D eigenvalue weighted by atomic mass is 10.0. The molecule has 4 atom stereocenters. The van der Waals surface area contributed by atoms with Gasteiger partial charge in [0.2, 0.25) is 17.7 Å². The van der Waals surface area contributed by atoms with Gasteiger partial charge in [-0.05, 0) is 42.6 Å². The van der Waals surface area contributed by atoms with Crippen molar-refractivity contribution in [1.82, 2.24) is 21.3 Å². The molecule has 4 unspecified atom stereocenters. The molecule has 3 rings (SSSR count). The standard InChI is InChI=1S/C26H32N4O7/c31-15-22(25(35)29-21(26(36)37)14-17-8-10-18(32)11-9-17)30-24(34)20(13-16-5-2-1-3-6-16)28-23(33)19-7-4-12-27-19/h1-3,5-6,8-11,19-22,27,31-32H,4,7,12-15H2,(H,28,33)(H,29,35)(H,30,34)(H,36,37). The second-order valence-corrected chi connectivity index (χ2v) is 8.91. The predicted octanol–water partition coefficient (Wildman–Crippen LogP) is -0.539. The van der Waals surface area contributed by atoms with E-state index in [-0.39, 0.29) is 24.5 Å². The zero-order valence-corrected chi connectivity index (χ0v) is 20.2. The van der Waals surface area contributed by atoms with Gasteiger partial charge in [0.25, 0.3) is 0 Å². The van der Waals surface area contributed by atoms with Crippen LogP contribution in [0, 0.1) is 0 Å². The molecule has 37 heavy (non-hydrogen) atoms. The number of nitrogens with one attached hydrogen (secondary N) is 4. The summed E-state index contributed by atoms with van der Waals surface area (Å²) in [5, 5.41) is 39.3. The number of aliphatic carboxylic acids is 1. The largest absolute Gasteiger partial charge is 0.508 e. The highest BCUT2D eigenvalue weighted by atomic mass is 16.4. The summed E-state index contributed by atoms with van der Waals surface area (Å²) in [4.78, 5) is 50.4. The molecule has 0 bridgehead atoms. The molecule has 0 saturated carbocycles. The van der Waals surface area contributed by atoms with E-state index in [1.807, 2.05) is 6.07 Å². The Hall–Kier alpha value is -3.96. The van der Waals surface area contributed by atoms with E-state index in [1.54, 1.807) is 24.3 Å². The van der Waals surface area contributed by atoms with Crippen LogP contribution in [0.1, 0.15) is 24.0 Å². The van der Waals surface area contributed by atoms with Crippen molar-refractivity contribution in [1.29, 1.82) is 0 Å². The van der Waals surface area contributed by atoms with E-state index in [0.29, 0.717) is 18.5 Å². The van der Waals surface area contributed by atoms with Gasteiger partial charge in [0.15, 0.2) is 0 Å². The third-order valence-corrected chi connectivity index (χ3v) is 6.10. The van der Waals surface area contributed by atoms with Crippen LogP contribution in [-0.2, 0) is 32.0 Å². The summed E-state index contributed by atoms with van der Waals surface area (Å²) in [5.41, 5.74) is 1.34. The average molecular weight is 513 g/mol. The monoisotopic (exact) mass is 512 g/mol. The van der Waals surface area contributed by atoms with Crippen molar-refractivity contribution in [3.63, 3.8) is 0 Å². The van der Waals surface area contributed by atoms with Crippen molar-refractivity contribution >= 4 is 23.7 Å². The highest BCUT2D eigenvalue weighted by molar-refractivity contribution is 5.94. The first-order valence-corrected chi connectivity index (χ1v) is 12.1. The fraction of sp³-hybridized carbons (Fsp3) is 0.385. The Bertz CT molecular complexity index is 1070. The molecule has 3 amide bonds. The number of amides is 3. The minimum atomic E-state index is -1.44. The molecule has 11 heteroatoms. The number of carboxylic acids is 1. The topological polar surface area (TPSA) is 177 Å². The number of aliphatic hydroxyl groups excluding tert-OH is 1. The van der Waals surface area contributed by atoms with E-state index in [9.17, 15) is 34.5 Å². The molecule has 11 nitrogen and oxygen atoms in total. The van der Waals surface area contributed by atoms with Crippen molar-refractivity contribution in [3.8, 4) is 5.75 Å². The first-order chi connectivity index (χ1) is 17.8. The molecule has 1 aliphatic heterocycles.